The Labute approximate surface area is 153 Å². The van der Waals surface area contributed by atoms with E-state index >= 15 is 0 Å². The fraction of sp³-hybridized carbons (Fsp3) is 0.316. The van der Waals surface area contributed by atoms with Crippen LogP contribution >= 0.6 is 0 Å². The van der Waals surface area contributed by atoms with Crippen LogP contribution in [-0.2, 0) is 14.8 Å². The van der Waals surface area contributed by atoms with Crippen LogP contribution in [0.5, 0.6) is 0 Å². The molecular formula is C19H22N2O4S. The van der Waals surface area contributed by atoms with Crippen LogP contribution < -0.4 is 10.0 Å². The molecule has 1 fully saturated rings. The molecule has 3 rings (SSSR count). The van der Waals surface area contributed by atoms with Crippen LogP contribution in [0.3, 0.4) is 0 Å². The third-order valence-corrected chi connectivity index (χ3v) is 5.74. The molecule has 0 unspecified atom stereocenters. The number of ether oxygens (including phenoxy) is 1. The van der Waals surface area contributed by atoms with E-state index in [1.54, 1.807) is 43.3 Å². The van der Waals surface area contributed by atoms with Gasteiger partial charge in [0.2, 0.25) is 10.0 Å². The van der Waals surface area contributed by atoms with Crippen molar-refractivity contribution in [2.45, 2.75) is 30.8 Å². The van der Waals surface area contributed by atoms with Crippen LogP contribution in [0.15, 0.2) is 53.4 Å². The molecule has 138 valence electrons. The second kappa shape index (κ2) is 7.99. The van der Waals surface area contributed by atoms with Gasteiger partial charge in [0, 0.05) is 24.4 Å². The summed E-state index contributed by atoms with van der Waals surface area (Å²) in [4.78, 5) is 12.4. The number of carbonyl (C=O) groups is 1. The topological polar surface area (TPSA) is 84.5 Å². The lowest BCUT2D eigenvalue weighted by Crippen LogP contribution is -2.31. The molecule has 0 radical (unpaired) electrons. The summed E-state index contributed by atoms with van der Waals surface area (Å²) >= 11 is 0. The zero-order valence-corrected chi connectivity index (χ0v) is 15.4. The van der Waals surface area contributed by atoms with Gasteiger partial charge in [-0.1, -0.05) is 18.2 Å². The molecule has 2 aromatic carbocycles. The number of aryl methyl sites for hydroxylation is 1. The highest BCUT2D eigenvalue weighted by Crippen LogP contribution is 2.21. The summed E-state index contributed by atoms with van der Waals surface area (Å²) in [6.07, 6.45) is 1.77. The normalized spacial score (nSPS) is 17.2. The first kappa shape index (κ1) is 18.6. The Kier molecular flexibility index (Phi) is 5.70. The second-order valence-corrected chi connectivity index (χ2v) is 8.05. The van der Waals surface area contributed by atoms with E-state index < -0.39 is 10.0 Å². The van der Waals surface area contributed by atoms with Crippen molar-refractivity contribution in [3.63, 3.8) is 0 Å². The number of carbonyl (C=O) groups excluding carboxylic acids is 1. The van der Waals surface area contributed by atoms with Crippen LogP contribution in [0.2, 0.25) is 0 Å². The molecule has 0 bridgehead atoms. The lowest BCUT2D eigenvalue weighted by atomic mass is 10.1. The van der Waals surface area contributed by atoms with Crippen molar-refractivity contribution < 1.29 is 17.9 Å². The molecule has 0 aliphatic carbocycles. The van der Waals surface area contributed by atoms with E-state index in [-0.39, 0.29) is 23.5 Å². The first-order chi connectivity index (χ1) is 12.5. The van der Waals surface area contributed by atoms with E-state index in [0.29, 0.717) is 23.4 Å². The summed E-state index contributed by atoms with van der Waals surface area (Å²) in [5.74, 6) is -0.235. The Balaban J connectivity index is 1.69. The van der Waals surface area contributed by atoms with Crippen molar-refractivity contribution in [2.75, 3.05) is 18.5 Å². The first-order valence-electron chi connectivity index (χ1n) is 8.54. The summed E-state index contributed by atoms with van der Waals surface area (Å²) in [6.45, 7) is 2.72. The second-order valence-electron chi connectivity index (χ2n) is 6.28. The lowest BCUT2D eigenvalue weighted by molar-refractivity contribution is 0.102. The predicted molar refractivity (Wildman–Crippen MR) is 99.7 cm³/mol. The summed E-state index contributed by atoms with van der Waals surface area (Å²) < 4.78 is 32.9. The maximum absolute atomic E-state index is 12.4. The number of nitrogens with one attached hydrogen (secondary N) is 2. The molecule has 1 amide bonds. The van der Waals surface area contributed by atoms with Crippen molar-refractivity contribution in [3.05, 3.63) is 59.7 Å². The maximum atomic E-state index is 12.4. The van der Waals surface area contributed by atoms with Gasteiger partial charge in [-0.05, 0) is 55.7 Å². The predicted octanol–water partition coefficient (Wildman–Crippen LogP) is 2.70. The van der Waals surface area contributed by atoms with E-state index in [1.165, 1.54) is 6.07 Å². The summed E-state index contributed by atoms with van der Waals surface area (Å²) in [7, 11) is -3.61. The number of amides is 1. The van der Waals surface area contributed by atoms with Crippen molar-refractivity contribution in [2.24, 2.45) is 0 Å². The quantitative estimate of drug-likeness (QED) is 0.814. The van der Waals surface area contributed by atoms with Crippen molar-refractivity contribution in [1.29, 1.82) is 0 Å². The Morgan fingerprint density at radius 1 is 1.19 bits per heavy atom. The van der Waals surface area contributed by atoms with E-state index in [1.807, 2.05) is 6.07 Å². The molecule has 6 nitrogen and oxygen atoms in total. The molecule has 1 heterocycles. The molecule has 0 saturated carbocycles. The fourth-order valence-corrected chi connectivity index (χ4v) is 3.97. The molecule has 1 saturated heterocycles. The molecule has 0 spiro atoms. The molecule has 26 heavy (non-hydrogen) atoms. The van der Waals surface area contributed by atoms with Gasteiger partial charge in [0.05, 0.1) is 11.0 Å². The highest BCUT2D eigenvalue weighted by atomic mass is 32.2. The van der Waals surface area contributed by atoms with Crippen LogP contribution in [0.25, 0.3) is 0 Å². The number of benzene rings is 2. The molecule has 1 aliphatic rings. The summed E-state index contributed by atoms with van der Waals surface area (Å²) in [5, 5.41) is 2.81. The fourth-order valence-electron chi connectivity index (χ4n) is 2.82. The van der Waals surface area contributed by atoms with Gasteiger partial charge in [0.25, 0.3) is 5.91 Å². The SMILES string of the molecule is Cc1cc(S(=O)(=O)NC[C@H]2CCCO2)ccc1NC(=O)c1ccccc1. The summed E-state index contributed by atoms with van der Waals surface area (Å²) in [6, 6.07) is 13.5. The van der Waals surface area contributed by atoms with Gasteiger partial charge >= 0.3 is 0 Å². The standard InChI is InChI=1S/C19H22N2O4S/c1-14-12-17(26(23,24)20-13-16-8-5-11-25-16)9-10-18(14)21-19(22)15-6-3-2-4-7-15/h2-4,6-7,9-10,12,16,20H,5,8,11,13H2,1H3,(H,21,22)/t16-/m1/s1. The minimum Gasteiger partial charge on any atom is -0.377 e. The maximum Gasteiger partial charge on any atom is 0.255 e. The van der Waals surface area contributed by atoms with Gasteiger partial charge in [-0.3, -0.25) is 4.79 Å². The third kappa shape index (κ3) is 4.49. The van der Waals surface area contributed by atoms with E-state index in [9.17, 15) is 13.2 Å². The van der Waals surface area contributed by atoms with Crippen LogP contribution in [0.4, 0.5) is 5.69 Å². The van der Waals surface area contributed by atoms with Crippen molar-refractivity contribution in [1.82, 2.24) is 4.72 Å². The van der Waals surface area contributed by atoms with Gasteiger partial charge < -0.3 is 10.1 Å². The van der Waals surface area contributed by atoms with Crippen molar-refractivity contribution >= 4 is 21.6 Å². The van der Waals surface area contributed by atoms with Gasteiger partial charge in [-0.15, -0.1) is 0 Å². The molecule has 2 aromatic rings. The zero-order chi connectivity index (χ0) is 18.6. The lowest BCUT2D eigenvalue weighted by Gasteiger charge is -2.13. The number of rotatable bonds is 6. The van der Waals surface area contributed by atoms with E-state index in [2.05, 4.69) is 10.0 Å². The van der Waals surface area contributed by atoms with Crippen LogP contribution in [0, 0.1) is 6.92 Å². The Hall–Kier alpha value is -2.22. The number of anilines is 1. The van der Waals surface area contributed by atoms with Gasteiger partial charge in [-0.2, -0.15) is 0 Å². The number of sulfonamides is 1. The highest BCUT2D eigenvalue weighted by molar-refractivity contribution is 7.89. The third-order valence-electron chi connectivity index (χ3n) is 4.32. The van der Waals surface area contributed by atoms with Crippen LogP contribution in [0.1, 0.15) is 28.8 Å². The monoisotopic (exact) mass is 374 g/mol. The number of hydrogen-bond donors (Lipinski definition) is 2. The smallest absolute Gasteiger partial charge is 0.255 e. The van der Waals surface area contributed by atoms with Gasteiger partial charge in [-0.25, -0.2) is 13.1 Å². The van der Waals surface area contributed by atoms with Gasteiger partial charge in [0.15, 0.2) is 0 Å². The average Bonchev–Trinajstić information content (AvgIpc) is 3.16. The van der Waals surface area contributed by atoms with Crippen molar-refractivity contribution in [3.8, 4) is 0 Å². The van der Waals surface area contributed by atoms with Crippen LogP contribution in [-0.4, -0.2) is 33.6 Å². The molecular weight excluding hydrogens is 352 g/mol. The van der Waals surface area contributed by atoms with E-state index in [4.69, 9.17) is 4.74 Å². The molecule has 2 N–H and O–H groups in total. The first-order valence-corrected chi connectivity index (χ1v) is 10.0. The minimum absolute atomic E-state index is 0.0599. The van der Waals surface area contributed by atoms with Gasteiger partial charge in [0.1, 0.15) is 0 Å². The van der Waals surface area contributed by atoms with E-state index in [0.717, 1.165) is 12.8 Å². The average molecular weight is 374 g/mol. The highest BCUT2D eigenvalue weighted by Gasteiger charge is 2.21. The summed E-state index contributed by atoms with van der Waals surface area (Å²) in [5.41, 5.74) is 1.80. The largest absolute Gasteiger partial charge is 0.377 e. The molecule has 7 heteroatoms. The molecule has 0 aromatic heterocycles. The zero-order valence-electron chi connectivity index (χ0n) is 14.6. The minimum atomic E-state index is -3.61. The Bertz CT molecular complexity index is 876. The molecule has 1 atom stereocenters. The Morgan fingerprint density at radius 3 is 2.62 bits per heavy atom. The Morgan fingerprint density at radius 2 is 1.96 bits per heavy atom. The number of hydrogen-bond acceptors (Lipinski definition) is 4. The molecule has 1 aliphatic heterocycles.